The number of nitrogens with zero attached hydrogens (tertiary/aromatic N) is 4. The van der Waals surface area contributed by atoms with Crippen LogP contribution in [-0.4, -0.2) is 46.4 Å². The van der Waals surface area contributed by atoms with Gasteiger partial charge in [0.1, 0.15) is 40.3 Å². The summed E-state index contributed by atoms with van der Waals surface area (Å²) in [6.45, 7) is 1.91. The number of alkyl halides is 3. The number of hydrogen-bond acceptors (Lipinski definition) is 9. The summed E-state index contributed by atoms with van der Waals surface area (Å²) < 4.78 is 64.4. The quantitative estimate of drug-likeness (QED) is 0.357. The fourth-order valence-electron chi connectivity index (χ4n) is 3.21. The van der Waals surface area contributed by atoms with Crippen LogP contribution in [0.2, 0.25) is 15.5 Å². The second kappa shape index (κ2) is 12.5. The summed E-state index contributed by atoms with van der Waals surface area (Å²) in [5.41, 5.74) is 0.702. The minimum absolute atomic E-state index is 0.0190. The van der Waals surface area contributed by atoms with E-state index in [0.717, 1.165) is 12.1 Å². The molecule has 0 aliphatic carbocycles. The average Bonchev–Trinajstić information content (AvgIpc) is 3.58. The highest BCUT2D eigenvalue weighted by Gasteiger charge is 2.30. The van der Waals surface area contributed by atoms with Gasteiger partial charge in [0, 0.05) is 0 Å². The lowest BCUT2D eigenvalue weighted by Crippen LogP contribution is -2.08. The van der Waals surface area contributed by atoms with Crippen LogP contribution in [-0.2, 0) is 31.7 Å². The summed E-state index contributed by atoms with van der Waals surface area (Å²) in [4.78, 5) is 15.5. The van der Waals surface area contributed by atoms with Crippen LogP contribution in [0.5, 0.6) is 5.88 Å². The number of halogens is 6. The maximum atomic E-state index is 12.5. The van der Waals surface area contributed by atoms with Gasteiger partial charge in [-0.2, -0.15) is 13.2 Å². The van der Waals surface area contributed by atoms with Crippen LogP contribution in [0.1, 0.15) is 34.8 Å². The largest absolute Gasteiger partial charge is 0.472 e. The predicted octanol–water partition coefficient (Wildman–Crippen LogP) is 5.60. The highest BCUT2D eigenvalue weighted by molar-refractivity contribution is 6.34. The molecule has 0 bridgehead atoms. The smallest absolute Gasteiger partial charge is 0.416 e. The molecule has 2 fully saturated rings. The number of hydrogen-bond donors (Lipinski definition) is 0. The van der Waals surface area contributed by atoms with Crippen LogP contribution in [0.4, 0.5) is 13.2 Å². The van der Waals surface area contributed by atoms with Crippen molar-refractivity contribution in [2.45, 2.75) is 25.4 Å². The topological polar surface area (TPSA) is 97.7 Å². The van der Waals surface area contributed by atoms with E-state index < -0.39 is 24.3 Å². The molecule has 0 unspecified atom stereocenters. The fourth-order valence-corrected chi connectivity index (χ4v) is 3.92. The Bertz CT molecular complexity index is 1170. The molecule has 0 saturated carbocycles. The molecular weight excluding hydrogens is 564 g/mol. The van der Waals surface area contributed by atoms with Gasteiger partial charge in [-0.1, -0.05) is 46.9 Å². The molecule has 9 nitrogen and oxygen atoms in total. The Labute approximate surface area is 223 Å². The van der Waals surface area contributed by atoms with Crippen molar-refractivity contribution in [2.24, 2.45) is 0 Å². The molecule has 3 aromatic rings. The molecule has 2 aromatic heterocycles. The van der Waals surface area contributed by atoms with E-state index in [0.29, 0.717) is 43.1 Å². The van der Waals surface area contributed by atoms with Crippen LogP contribution in [0.25, 0.3) is 0 Å². The van der Waals surface area contributed by atoms with Gasteiger partial charge in [0.25, 0.3) is 0 Å². The molecule has 0 amide bonds. The van der Waals surface area contributed by atoms with E-state index in [1.807, 2.05) is 0 Å². The normalized spacial score (nSPS) is 16.5. The maximum Gasteiger partial charge on any atom is 0.416 e. The molecule has 15 heteroatoms. The summed E-state index contributed by atoms with van der Waals surface area (Å²) >= 11 is 17.7. The third-order valence-corrected chi connectivity index (χ3v) is 5.86. The Morgan fingerprint density at radius 3 is 1.70 bits per heavy atom. The summed E-state index contributed by atoms with van der Waals surface area (Å²) in [5, 5.41) is 0.679. The molecule has 37 heavy (non-hydrogen) atoms. The lowest BCUT2D eigenvalue weighted by atomic mass is 10.1. The molecule has 4 heterocycles. The first-order valence-corrected chi connectivity index (χ1v) is 11.8. The highest BCUT2D eigenvalue weighted by atomic mass is 35.5. The van der Waals surface area contributed by atoms with E-state index in [-0.39, 0.29) is 27.9 Å². The van der Waals surface area contributed by atoms with Gasteiger partial charge in [-0.05, 0) is 17.7 Å². The van der Waals surface area contributed by atoms with Gasteiger partial charge in [-0.25, -0.2) is 19.9 Å². The Kier molecular flexibility index (Phi) is 9.35. The molecule has 1 aromatic carbocycles. The SMILES string of the molecule is Clc1ncnc(Cl)c1C1OCCO1.FC(F)(F)c1ccc(COc2ncnc(Cl)c2C2OCCO2)cc1. The van der Waals surface area contributed by atoms with Gasteiger partial charge in [0.2, 0.25) is 5.88 Å². The van der Waals surface area contributed by atoms with Crippen molar-refractivity contribution in [1.82, 2.24) is 19.9 Å². The molecule has 0 spiro atoms. The van der Waals surface area contributed by atoms with Crippen molar-refractivity contribution in [3.8, 4) is 5.88 Å². The standard InChI is InChI=1S/C15H12ClF3N2O3.C7H6Cl2N2O2/c16-12-11(14-22-5-6-23-14)13(21-8-20-12)24-7-9-1-3-10(4-2-9)15(17,18)19;8-5-4(6(9)11-3-10-5)7-12-1-2-13-7/h1-4,8,14H,5-7H2;3,7H,1-2H2. The van der Waals surface area contributed by atoms with Gasteiger partial charge in [0.15, 0.2) is 12.6 Å². The lowest BCUT2D eigenvalue weighted by molar-refractivity contribution is -0.137. The van der Waals surface area contributed by atoms with Gasteiger partial charge < -0.3 is 23.7 Å². The Morgan fingerprint density at radius 1 is 0.730 bits per heavy atom. The van der Waals surface area contributed by atoms with Crippen molar-refractivity contribution >= 4 is 34.8 Å². The number of aromatic nitrogens is 4. The second-order valence-electron chi connectivity index (χ2n) is 7.38. The van der Waals surface area contributed by atoms with Crippen molar-refractivity contribution < 1.29 is 36.9 Å². The minimum Gasteiger partial charge on any atom is -0.472 e. The van der Waals surface area contributed by atoms with Crippen molar-refractivity contribution in [1.29, 1.82) is 0 Å². The molecule has 2 saturated heterocycles. The van der Waals surface area contributed by atoms with Crippen LogP contribution < -0.4 is 4.74 Å². The van der Waals surface area contributed by atoms with E-state index in [9.17, 15) is 13.2 Å². The van der Waals surface area contributed by atoms with Crippen molar-refractivity contribution in [3.63, 3.8) is 0 Å². The molecule has 0 N–H and O–H groups in total. The number of benzene rings is 1. The zero-order chi connectivity index (χ0) is 26.4. The lowest BCUT2D eigenvalue weighted by Gasteiger charge is -2.15. The minimum atomic E-state index is -4.37. The maximum absolute atomic E-state index is 12.5. The summed E-state index contributed by atoms with van der Waals surface area (Å²) in [7, 11) is 0. The van der Waals surface area contributed by atoms with Crippen molar-refractivity contribution in [2.75, 3.05) is 26.4 Å². The molecule has 198 valence electrons. The second-order valence-corrected chi connectivity index (χ2v) is 8.46. The summed E-state index contributed by atoms with van der Waals surface area (Å²) in [6, 6.07) is 4.67. The first-order chi connectivity index (χ1) is 17.7. The molecule has 2 aliphatic rings. The molecule has 0 atom stereocenters. The van der Waals surface area contributed by atoms with E-state index in [1.165, 1.54) is 24.8 Å². The Hall–Kier alpha value is -2.32. The first-order valence-electron chi connectivity index (χ1n) is 10.7. The molecular formula is C22H18Cl3F3N4O5. The monoisotopic (exact) mass is 580 g/mol. The molecule has 2 aliphatic heterocycles. The number of ether oxygens (including phenoxy) is 5. The fraction of sp³-hybridized carbons (Fsp3) is 0.364. The van der Waals surface area contributed by atoms with Gasteiger partial charge in [-0.15, -0.1) is 0 Å². The van der Waals surface area contributed by atoms with Gasteiger partial charge in [-0.3, -0.25) is 0 Å². The van der Waals surface area contributed by atoms with E-state index in [1.54, 1.807) is 0 Å². The van der Waals surface area contributed by atoms with E-state index in [4.69, 9.17) is 58.5 Å². The van der Waals surface area contributed by atoms with Crippen LogP contribution in [0, 0.1) is 0 Å². The Balaban J connectivity index is 0.000000207. The first kappa shape index (κ1) is 27.7. The van der Waals surface area contributed by atoms with Crippen LogP contribution in [0.3, 0.4) is 0 Å². The number of rotatable bonds is 5. The summed E-state index contributed by atoms with van der Waals surface area (Å²) in [5.74, 6) is 0.168. The molecule has 0 radical (unpaired) electrons. The van der Waals surface area contributed by atoms with E-state index in [2.05, 4.69) is 19.9 Å². The zero-order valence-electron chi connectivity index (χ0n) is 18.8. The average molecular weight is 582 g/mol. The van der Waals surface area contributed by atoms with Crippen molar-refractivity contribution in [3.05, 3.63) is 74.6 Å². The van der Waals surface area contributed by atoms with Crippen LogP contribution >= 0.6 is 34.8 Å². The van der Waals surface area contributed by atoms with E-state index >= 15 is 0 Å². The molecule has 5 rings (SSSR count). The van der Waals surface area contributed by atoms with Gasteiger partial charge >= 0.3 is 6.18 Å². The third kappa shape index (κ3) is 7.17. The Morgan fingerprint density at radius 2 is 1.19 bits per heavy atom. The third-order valence-electron chi connectivity index (χ3n) is 4.96. The zero-order valence-corrected chi connectivity index (χ0v) is 21.0. The predicted molar refractivity (Wildman–Crippen MR) is 124 cm³/mol. The summed E-state index contributed by atoms with van der Waals surface area (Å²) in [6.07, 6.45) is -3.10. The highest BCUT2D eigenvalue weighted by Crippen LogP contribution is 2.35. The van der Waals surface area contributed by atoms with Crippen LogP contribution in [0.15, 0.2) is 36.9 Å². The van der Waals surface area contributed by atoms with Gasteiger partial charge in [0.05, 0.1) is 37.6 Å².